The molecular formula is C101H176O16P2. The number of unbranched alkanes of at least 4 members (excludes halogenated alkanes) is 44. The highest BCUT2D eigenvalue weighted by Crippen LogP contribution is 2.45. The van der Waals surface area contributed by atoms with E-state index in [4.69, 9.17) is 32.3 Å². The van der Waals surface area contributed by atoms with E-state index in [0.717, 1.165) is 154 Å². The van der Waals surface area contributed by atoms with Crippen LogP contribution in [0.15, 0.2) is 146 Å². The molecule has 686 valence electrons. The first-order valence-electron chi connectivity index (χ1n) is 48.1. The number of aliphatic hydroxyl groups is 2. The fourth-order valence-corrected chi connectivity index (χ4v) is 14.9. The second-order valence-electron chi connectivity index (χ2n) is 32.1. The summed E-state index contributed by atoms with van der Waals surface area (Å²) in [4.78, 5) is 59.0. The number of carbonyl (C=O) groups is 3. The first kappa shape index (κ1) is 114. The summed E-state index contributed by atoms with van der Waals surface area (Å²) in [7, 11) is -9.81. The monoisotopic (exact) mass is 1710 g/mol. The molecule has 5 unspecified atom stereocenters. The molecule has 0 bridgehead atoms. The van der Waals surface area contributed by atoms with E-state index in [1.807, 2.05) is 0 Å². The van der Waals surface area contributed by atoms with Crippen molar-refractivity contribution in [1.29, 1.82) is 0 Å². The molecule has 0 spiro atoms. The topological polar surface area (TPSA) is 231 Å². The van der Waals surface area contributed by atoms with E-state index in [9.17, 15) is 43.5 Å². The largest absolute Gasteiger partial charge is 0.472 e. The van der Waals surface area contributed by atoms with Gasteiger partial charge >= 0.3 is 33.6 Å². The molecule has 4 N–H and O–H groups in total. The summed E-state index contributed by atoms with van der Waals surface area (Å²) in [5.74, 6) is -1.57. The smallest absolute Gasteiger partial charge is 0.463 e. The van der Waals surface area contributed by atoms with E-state index >= 15 is 0 Å². The number of aliphatic hydroxyl groups excluding tert-OH is 2. The normalized spacial score (nSPS) is 14.4. The van der Waals surface area contributed by atoms with E-state index in [1.165, 1.54) is 205 Å². The van der Waals surface area contributed by atoms with Crippen molar-refractivity contribution in [2.75, 3.05) is 39.6 Å². The molecule has 18 heteroatoms. The van der Waals surface area contributed by atoms with Gasteiger partial charge in [-0.2, -0.15) is 0 Å². The third kappa shape index (κ3) is 94.0. The zero-order valence-corrected chi connectivity index (χ0v) is 77.5. The maximum absolute atomic E-state index is 13.0. The molecule has 0 amide bonds. The summed E-state index contributed by atoms with van der Waals surface area (Å²) < 4.78 is 61.5. The number of esters is 3. The standard InChI is InChI=1S/C101H176O16P2/c1-4-7-10-13-16-19-22-25-28-31-33-35-37-39-41-43-45-46-47-48-50-52-53-55-57-59-61-64-66-69-72-75-78-81-84-87-99(104)111-90-96(102)91-113-118(107,108)114-92-97(103)93-115-119(109,110)116-95-98(117-101(106)89-86-83-80-77-74-71-68-63-30-27-24-21-18-15-12-9-6-3)94-112-100(105)88-85-82-79-76-73-70-67-65-62-60-58-56-54-51-49-44-42-40-38-36-34-32-29-26-23-20-17-14-11-8-5-2/h8-9,11-12,16-21,25-30,33-36,39-42,96-98,102-103H,4-7,10,13-15,22-24,31-32,37-38,43-95H2,1-3H3,(H,107,108)(H,109,110)/b11-8-,12-9-,19-16-,20-17-,21-18-,28-25-,29-26-,30-27-,35-33-,36-34-,41-39-,42-40-. The second-order valence-corrected chi connectivity index (χ2v) is 35.0. The average Bonchev–Trinajstić information content (AvgIpc) is 0.902. The van der Waals surface area contributed by atoms with Crippen molar-refractivity contribution in [3.05, 3.63) is 146 Å². The minimum atomic E-state index is -4.94. The van der Waals surface area contributed by atoms with E-state index in [-0.39, 0.29) is 19.3 Å². The van der Waals surface area contributed by atoms with Crippen molar-refractivity contribution in [1.82, 2.24) is 0 Å². The summed E-state index contributed by atoms with van der Waals surface area (Å²) in [6.45, 7) is 2.48. The van der Waals surface area contributed by atoms with Gasteiger partial charge in [0.25, 0.3) is 0 Å². The number of rotatable bonds is 91. The third-order valence-electron chi connectivity index (χ3n) is 20.5. The second kappa shape index (κ2) is 92.6. The van der Waals surface area contributed by atoms with E-state index in [2.05, 4.69) is 167 Å². The van der Waals surface area contributed by atoms with E-state index in [0.29, 0.717) is 19.3 Å². The minimum Gasteiger partial charge on any atom is -0.463 e. The summed E-state index contributed by atoms with van der Waals surface area (Å²) in [5, 5.41) is 20.7. The van der Waals surface area contributed by atoms with Crippen molar-refractivity contribution in [3.63, 3.8) is 0 Å². The Morgan fingerprint density at radius 1 is 0.244 bits per heavy atom. The molecule has 0 fully saturated rings. The Hall–Kier alpha value is -4.57. The Kier molecular flexibility index (Phi) is 89.1. The maximum Gasteiger partial charge on any atom is 0.472 e. The van der Waals surface area contributed by atoms with Crippen LogP contribution in [0.2, 0.25) is 0 Å². The number of hydrogen-bond donors (Lipinski definition) is 4. The van der Waals surface area contributed by atoms with Crippen LogP contribution >= 0.6 is 15.6 Å². The molecule has 0 aliphatic carbocycles. The molecule has 0 saturated heterocycles. The van der Waals surface area contributed by atoms with Crippen molar-refractivity contribution in [3.8, 4) is 0 Å². The molecule has 16 nitrogen and oxygen atoms in total. The predicted molar refractivity (Wildman–Crippen MR) is 500 cm³/mol. The van der Waals surface area contributed by atoms with Crippen molar-refractivity contribution in [2.24, 2.45) is 0 Å². The van der Waals surface area contributed by atoms with Gasteiger partial charge < -0.3 is 34.2 Å². The zero-order valence-electron chi connectivity index (χ0n) is 75.8. The summed E-state index contributed by atoms with van der Waals surface area (Å²) in [6.07, 6.45) is 118. The number of allylic oxidation sites excluding steroid dienone is 24. The molecule has 0 aromatic carbocycles. The zero-order chi connectivity index (χ0) is 86.5. The van der Waals surface area contributed by atoms with Crippen LogP contribution in [0.5, 0.6) is 0 Å². The third-order valence-corrected chi connectivity index (χ3v) is 22.4. The lowest BCUT2D eigenvalue weighted by Crippen LogP contribution is -2.30. The highest BCUT2D eigenvalue weighted by Gasteiger charge is 2.30. The Balaban J connectivity index is 4.45. The van der Waals surface area contributed by atoms with Gasteiger partial charge in [-0.25, -0.2) is 9.13 Å². The number of hydrogen-bond acceptors (Lipinski definition) is 14. The van der Waals surface area contributed by atoms with Gasteiger partial charge in [0.15, 0.2) is 6.10 Å². The van der Waals surface area contributed by atoms with Gasteiger partial charge in [0.2, 0.25) is 0 Å². The van der Waals surface area contributed by atoms with Crippen LogP contribution < -0.4 is 0 Å². The quantitative estimate of drug-likeness (QED) is 0.0146. The van der Waals surface area contributed by atoms with Crippen LogP contribution in [0.3, 0.4) is 0 Å². The summed E-state index contributed by atoms with van der Waals surface area (Å²) in [5.41, 5.74) is 0. The molecule has 119 heavy (non-hydrogen) atoms. The molecule has 5 atom stereocenters. The first-order valence-corrected chi connectivity index (χ1v) is 51.1. The molecular weight excluding hydrogens is 1530 g/mol. The molecule has 0 radical (unpaired) electrons. The Bertz CT molecular complexity index is 2740. The van der Waals surface area contributed by atoms with Gasteiger partial charge in [-0.3, -0.25) is 32.5 Å². The van der Waals surface area contributed by atoms with E-state index in [1.54, 1.807) is 0 Å². The Morgan fingerprint density at radius 3 is 0.706 bits per heavy atom. The lowest BCUT2D eigenvalue weighted by Gasteiger charge is -2.21. The molecule has 0 aliphatic heterocycles. The summed E-state index contributed by atoms with van der Waals surface area (Å²) >= 11 is 0. The maximum atomic E-state index is 13.0. The van der Waals surface area contributed by atoms with Gasteiger partial charge in [0, 0.05) is 19.3 Å². The van der Waals surface area contributed by atoms with Crippen LogP contribution in [0.1, 0.15) is 419 Å². The Labute approximate surface area is 728 Å². The Morgan fingerprint density at radius 2 is 0.445 bits per heavy atom. The number of carbonyl (C=O) groups excluding carboxylic acids is 3. The number of phosphoric acid groups is 2. The van der Waals surface area contributed by atoms with Crippen molar-refractivity contribution < 1.29 is 75.8 Å². The summed E-state index contributed by atoms with van der Waals surface area (Å²) in [6, 6.07) is 0. The number of phosphoric ester groups is 2. The van der Waals surface area contributed by atoms with Gasteiger partial charge in [-0.05, 0) is 141 Å². The van der Waals surface area contributed by atoms with Crippen LogP contribution in [-0.2, 0) is 55.8 Å². The number of ether oxygens (including phenoxy) is 3. The van der Waals surface area contributed by atoms with Gasteiger partial charge in [0.1, 0.15) is 25.4 Å². The van der Waals surface area contributed by atoms with Crippen molar-refractivity contribution >= 4 is 33.6 Å². The van der Waals surface area contributed by atoms with Gasteiger partial charge in [0.05, 0.1) is 26.4 Å². The van der Waals surface area contributed by atoms with Gasteiger partial charge in [-0.1, -0.05) is 404 Å². The molecule has 0 rings (SSSR count). The fourth-order valence-electron chi connectivity index (χ4n) is 13.3. The molecule has 0 aromatic rings. The lowest BCUT2D eigenvalue weighted by molar-refractivity contribution is -0.161. The first-order chi connectivity index (χ1) is 58.2. The molecule has 0 aromatic heterocycles. The van der Waals surface area contributed by atoms with Crippen molar-refractivity contribution in [2.45, 2.75) is 437 Å². The van der Waals surface area contributed by atoms with Crippen LogP contribution in [-0.4, -0.2) is 95.9 Å². The highest BCUT2D eigenvalue weighted by molar-refractivity contribution is 7.47. The lowest BCUT2D eigenvalue weighted by atomic mass is 10.0. The van der Waals surface area contributed by atoms with Crippen LogP contribution in [0, 0.1) is 0 Å². The fraction of sp³-hybridized carbons (Fsp3) is 0.733. The molecule has 0 heterocycles. The highest BCUT2D eigenvalue weighted by atomic mass is 31.2. The van der Waals surface area contributed by atoms with Gasteiger partial charge in [-0.15, -0.1) is 0 Å². The molecule has 0 aliphatic rings. The molecule has 0 saturated carbocycles. The minimum absolute atomic E-state index is 0.0924. The SMILES string of the molecule is CC/C=C\C/C=C\C/C=C\C/C=C\C/C=C\CCCCCCCCCCCCCCCCCC(=O)OCC(COP(=O)(O)OCC(O)COP(=O)(O)OCC(O)COC(=O)CCCCCCCCCCCCCCCCCCCCC/C=C\C/C=C\C/C=C\C/C=C\CCCCC)OC(=O)CCCCCCCCC/C=C\C/C=C\C/C=C\CC. The van der Waals surface area contributed by atoms with Crippen LogP contribution in [0.4, 0.5) is 0 Å². The predicted octanol–water partition coefficient (Wildman–Crippen LogP) is 29.9. The van der Waals surface area contributed by atoms with Crippen LogP contribution in [0.25, 0.3) is 0 Å². The van der Waals surface area contributed by atoms with E-state index < -0.39 is 91.5 Å². The average molecular weight is 1710 g/mol.